The average molecular weight is 541 g/mol. The van der Waals surface area contributed by atoms with Crippen molar-refractivity contribution in [3.8, 4) is 11.1 Å². The van der Waals surface area contributed by atoms with Crippen LogP contribution in [0, 0.1) is 0 Å². The molecule has 1 aromatic heterocycles. The summed E-state index contributed by atoms with van der Waals surface area (Å²) >= 11 is 0. The number of hydrogen-bond acceptors (Lipinski definition) is 6. The van der Waals surface area contributed by atoms with Gasteiger partial charge in [0.15, 0.2) is 0 Å². The van der Waals surface area contributed by atoms with E-state index in [1.165, 1.54) is 0 Å². The van der Waals surface area contributed by atoms with E-state index in [-0.39, 0.29) is 12.2 Å². The second-order valence-electron chi connectivity index (χ2n) is 10.2. The molecule has 0 saturated heterocycles. The van der Waals surface area contributed by atoms with Crippen LogP contribution >= 0.6 is 0 Å². The molecule has 0 bridgehead atoms. The zero-order chi connectivity index (χ0) is 28.5. The normalized spacial score (nSPS) is 11.8. The van der Waals surface area contributed by atoms with Crippen molar-refractivity contribution in [2.24, 2.45) is 0 Å². The second-order valence-corrected chi connectivity index (χ2v) is 10.2. The molecule has 0 aliphatic heterocycles. The van der Waals surface area contributed by atoms with Crippen LogP contribution in [0.2, 0.25) is 0 Å². The molecule has 3 aromatic carbocycles. The number of rotatable bonds is 8. The third-order valence-corrected chi connectivity index (χ3v) is 5.82. The van der Waals surface area contributed by atoms with Crippen LogP contribution < -0.4 is 16.2 Å². The van der Waals surface area contributed by atoms with Crippen LogP contribution in [-0.4, -0.2) is 28.0 Å². The van der Waals surface area contributed by atoms with Gasteiger partial charge >= 0.3 is 12.2 Å². The molecule has 40 heavy (non-hydrogen) atoms. The van der Waals surface area contributed by atoms with Crippen LogP contribution in [0.25, 0.3) is 11.1 Å². The first-order valence-corrected chi connectivity index (χ1v) is 12.9. The predicted molar refractivity (Wildman–Crippen MR) is 153 cm³/mol. The van der Waals surface area contributed by atoms with Crippen molar-refractivity contribution >= 4 is 17.9 Å². The molecule has 9 nitrogen and oxygen atoms in total. The highest BCUT2D eigenvalue weighted by atomic mass is 16.6. The van der Waals surface area contributed by atoms with Gasteiger partial charge in [-0.1, -0.05) is 72.8 Å². The first-order valence-electron chi connectivity index (χ1n) is 12.9. The SMILES string of the molecule is CC(C)(C)OC(=O)NC(Cc1cc(-c2ccc(NC(=O)OCc3ccccc3)cc2)c(=O)[nH]n1)c1ccccc1. The van der Waals surface area contributed by atoms with Gasteiger partial charge in [-0.25, -0.2) is 14.7 Å². The fourth-order valence-corrected chi connectivity index (χ4v) is 3.97. The number of aromatic amines is 1. The Bertz CT molecular complexity index is 1480. The van der Waals surface area contributed by atoms with Gasteiger partial charge in [0.1, 0.15) is 12.2 Å². The van der Waals surface area contributed by atoms with E-state index >= 15 is 0 Å². The average Bonchev–Trinajstić information content (AvgIpc) is 2.93. The first-order chi connectivity index (χ1) is 19.2. The number of amides is 2. The fraction of sp³-hybridized carbons (Fsp3) is 0.226. The summed E-state index contributed by atoms with van der Waals surface area (Å²) in [6.45, 7) is 5.56. The highest BCUT2D eigenvalue weighted by molar-refractivity contribution is 5.85. The van der Waals surface area contributed by atoms with Crippen LogP contribution in [0.4, 0.5) is 15.3 Å². The van der Waals surface area contributed by atoms with Crippen molar-refractivity contribution in [3.63, 3.8) is 0 Å². The Morgan fingerprint density at radius 2 is 1.55 bits per heavy atom. The maximum Gasteiger partial charge on any atom is 0.411 e. The van der Waals surface area contributed by atoms with E-state index in [9.17, 15) is 14.4 Å². The van der Waals surface area contributed by atoms with E-state index in [0.717, 1.165) is 11.1 Å². The van der Waals surface area contributed by atoms with Crippen molar-refractivity contribution in [3.05, 3.63) is 118 Å². The zero-order valence-electron chi connectivity index (χ0n) is 22.6. The summed E-state index contributed by atoms with van der Waals surface area (Å²) in [5.74, 6) is 0. The summed E-state index contributed by atoms with van der Waals surface area (Å²) in [5, 5.41) is 12.4. The molecule has 9 heteroatoms. The number of nitrogens with zero attached hydrogens (tertiary/aromatic N) is 1. The summed E-state index contributed by atoms with van der Waals surface area (Å²) in [5.41, 5.74) is 2.91. The molecular formula is C31H32N4O5. The van der Waals surface area contributed by atoms with Gasteiger partial charge in [-0.2, -0.15) is 5.10 Å². The van der Waals surface area contributed by atoms with Gasteiger partial charge < -0.3 is 14.8 Å². The van der Waals surface area contributed by atoms with Gasteiger partial charge in [0.25, 0.3) is 5.56 Å². The molecule has 0 fully saturated rings. The lowest BCUT2D eigenvalue weighted by molar-refractivity contribution is 0.0503. The summed E-state index contributed by atoms with van der Waals surface area (Å²) in [6, 6.07) is 27.0. The molecule has 1 heterocycles. The van der Waals surface area contributed by atoms with Crippen LogP contribution in [0.15, 0.2) is 95.8 Å². The number of hydrogen-bond donors (Lipinski definition) is 3. The Hall–Kier alpha value is -4.92. The molecule has 0 radical (unpaired) electrons. The van der Waals surface area contributed by atoms with Crippen molar-refractivity contribution in [1.29, 1.82) is 0 Å². The highest BCUT2D eigenvalue weighted by Crippen LogP contribution is 2.22. The number of nitrogens with one attached hydrogen (secondary N) is 3. The Morgan fingerprint density at radius 3 is 2.20 bits per heavy atom. The topological polar surface area (TPSA) is 122 Å². The van der Waals surface area contributed by atoms with E-state index < -0.39 is 23.8 Å². The second kappa shape index (κ2) is 12.8. The number of alkyl carbamates (subject to hydrolysis) is 1. The Balaban J connectivity index is 1.46. The number of ether oxygens (including phenoxy) is 2. The van der Waals surface area contributed by atoms with Crippen LogP contribution in [0.5, 0.6) is 0 Å². The third-order valence-electron chi connectivity index (χ3n) is 5.82. The minimum Gasteiger partial charge on any atom is -0.444 e. The molecule has 206 valence electrons. The number of carbonyl (C=O) groups is 2. The van der Waals surface area contributed by atoms with Crippen molar-refractivity contribution in [1.82, 2.24) is 15.5 Å². The highest BCUT2D eigenvalue weighted by Gasteiger charge is 2.22. The van der Waals surface area contributed by atoms with E-state index in [1.807, 2.05) is 60.7 Å². The summed E-state index contributed by atoms with van der Waals surface area (Å²) in [6.07, 6.45) is -0.804. The van der Waals surface area contributed by atoms with Crippen molar-refractivity contribution < 1.29 is 19.1 Å². The van der Waals surface area contributed by atoms with Crippen LogP contribution in [0.3, 0.4) is 0 Å². The number of aromatic nitrogens is 2. The Kier molecular flexibility index (Phi) is 8.96. The number of anilines is 1. The van der Waals surface area contributed by atoms with E-state index in [2.05, 4.69) is 20.8 Å². The van der Waals surface area contributed by atoms with E-state index in [0.29, 0.717) is 28.9 Å². The molecule has 4 rings (SSSR count). The van der Waals surface area contributed by atoms with E-state index in [1.54, 1.807) is 51.1 Å². The minimum atomic E-state index is -0.644. The fourth-order valence-electron chi connectivity index (χ4n) is 3.97. The maximum absolute atomic E-state index is 12.6. The number of benzene rings is 3. The molecule has 1 atom stereocenters. The van der Waals surface area contributed by atoms with Gasteiger partial charge in [0, 0.05) is 12.1 Å². The third kappa shape index (κ3) is 8.29. The molecule has 0 aliphatic rings. The Labute approximate surface area is 232 Å². The molecule has 1 unspecified atom stereocenters. The monoisotopic (exact) mass is 540 g/mol. The quantitative estimate of drug-likeness (QED) is 0.252. The van der Waals surface area contributed by atoms with Crippen molar-refractivity contribution in [2.75, 3.05) is 5.32 Å². The smallest absolute Gasteiger partial charge is 0.411 e. The summed E-state index contributed by atoms with van der Waals surface area (Å²) in [4.78, 5) is 37.4. The van der Waals surface area contributed by atoms with Gasteiger partial charge in [-0.3, -0.25) is 10.1 Å². The number of H-pyrrole nitrogens is 1. The van der Waals surface area contributed by atoms with Gasteiger partial charge in [0.05, 0.1) is 17.3 Å². The molecule has 0 aliphatic carbocycles. The molecule has 3 N–H and O–H groups in total. The summed E-state index contributed by atoms with van der Waals surface area (Å²) < 4.78 is 10.7. The van der Waals surface area contributed by atoms with Gasteiger partial charge in [-0.05, 0) is 55.7 Å². The largest absolute Gasteiger partial charge is 0.444 e. The van der Waals surface area contributed by atoms with Gasteiger partial charge in [-0.15, -0.1) is 0 Å². The maximum atomic E-state index is 12.6. The number of carbonyl (C=O) groups excluding carboxylic acids is 2. The Morgan fingerprint density at radius 1 is 0.900 bits per heavy atom. The molecule has 0 spiro atoms. The molecular weight excluding hydrogens is 508 g/mol. The lowest BCUT2D eigenvalue weighted by Crippen LogP contribution is -2.36. The summed E-state index contributed by atoms with van der Waals surface area (Å²) in [7, 11) is 0. The molecule has 2 amide bonds. The van der Waals surface area contributed by atoms with Crippen molar-refractivity contribution in [2.45, 2.75) is 45.4 Å². The predicted octanol–water partition coefficient (Wildman–Crippen LogP) is 5.99. The van der Waals surface area contributed by atoms with Gasteiger partial charge in [0.2, 0.25) is 0 Å². The molecule has 0 saturated carbocycles. The minimum absolute atomic E-state index is 0.159. The lowest BCUT2D eigenvalue weighted by Gasteiger charge is -2.24. The van der Waals surface area contributed by atoms with Crippen LogP contribution in [-0.2, 0) is 22.5 Å². The first kappa shape index (κ1) is 28.1. The lowest BCUT2D eigenvalue weighted by atomic mass is 10.00. The van der Waals surface area contributed by atoms with Crippen LogP contribution in [0.1, 0.15) is 43.6 Å². The molecule has 4 aromatic rings. The van der Waals surface area contributed by atoms with E-state index in [4.69, 9.17) is 9.47 Å². The zero-order valence-corrected chi connectivity index (χ0v) is 22.6. The standard InChI is InChI=1S/C31H32N4O5/c1-31(2,3)40-30(38)33-27(23-12-8-5-9-13-23)19-25-18-26(28(36)35-34-25)22-14-16-24(17-15-22)32-29(37)39-20-21-10-6-4-7-11-21/h4-18,27H,19-20H2,1-3H3,(H,32,37)(H,33,38)(H,35,36).